The number of hydrogen-bond acceptors (Lipinski definition) is 3. The van der Waals surface area contributed by atoms with Crippen molar-refractivity contribution < 1.29 is 8.42 Å². The molecule has 1 heterocycles. The summed E-state index contributed by atoms with van der Waals surface area (Å²) in [5.41, 5.74) is 0. The summed E-state index contributed by atoms with van der Waals surface area (Å²) in [5, 5.41) is 3.68. The van der Waals surface area contributed by atoms with Crippen LogP contribution in [0.4, 0.5) is 0 Å². The minimum absolute atomic E-state index is 0. The fraction of sp³-hybridized carbons (Fsp3) is 0.611. The fourth-order valence-corrected chi connectivity index (χ4v) is 5.32. The number of nitrogens with one attached hydrogen (secondary N) is 2. The SMILES string of the molecule is CN=C(NCCNS(=O)(=O)c1cccc(Cl)c1)N1CC2CCCCC2C1.I. The molecule has 0 bridgehead atoms. The van der Waals surface area contributed by atoms with Gasteiger partial charge >= 0.3 is 0 Å². The first-order valence-electron chi connectivity index (χ1n) is 9.20. The lowest BCUT2D eigenvalue weighted by molar-refractivity contribution is 0.299. The molecule has 2 fully saturated rings. The van der Waals surface area contributed by atoms with Crippen molar-refractivity contribution >= 4 is 51.6 Å². The van der Waals surface area contributed by atoms with E-state index in [0.717, 1.165) is 30.9 Å². The van der Waals surface area contributed by atoms with Gasteiger partial charge in [0, 0.05) is 38.2 Å². The zero-order valence-corrected chi connectivity index (χ0v) is 19.4. The lowest BCUT2D eigenvalue weighted by atomic mass is 9.82. The first kappa shape index (κ1) is 22.7. The van der Waals surface area contributed by atoms with Gasteiger partial charge in [0.25, 0.3) is 0 Å². The maximum atomic E-state index is 12.3. The number of guanidine groups is 1. The molecule has 1 saturated carbocycles. The number of rotatable bonds is 5. The highest BCUT2D eigenvalue weighted by molar-refractivity contribution is 14.0. The Bertz CT molecular complexity index is 745. The van der Waals surface area contributed by atoms with E-state index in [1.54, 1.807) is 19.2 Å². The molecule has 6 nitrogen and oxygen atoms in total. The Kier molecular flexibility index (Phi) is 8.64. The van der Waals surface area contributed by atoms with Gasteiger partial charge < -0.3 is 10.2 Å². The van der Waals surface area contributed by atoms with E-state index < -0.39 is 10.0 Å². The first-order valence-corrected chi connectivity index (χ1v) is 11.1. The Hall–Kier alpha value is -0.580. The minimum Gasteiger partial charge on any atom is -0.355 e. The number of likely N-dealkylation sites (tertiary alicyclic amines) is 1. The van der Waals surface area contributed by atoms with Crippen LogP contribution in [0.3, 0.4) is 0 Å². The van der Waals surface area contributed by atoms with Gasteiger partial charge in [0.15, 0.2) is 5.96 Å². The second-order valence-corrected chi connectivity index (χ2v) is 9.24. The van der Waals surface area contributed by atoms with Crippen molar-refractivity contribution in [2.75, 3.05) is 33.2 Å². The average molecular weight is 527 g/mol. The highest BCUT2D eigenvalue weighted by atomic mass is 127. The third-order valence-electron chi connectivity index (χ3n) is 5.29. The van der Waals surface area contributed by atoms with E-state index in [1.165, 1.54) is 37.8 Å². The number of hydrogen-bond donors (Lipinski definition) is 2. The molecule has 0 spiro atoms. The van der Waals surface area contributed by atoms with Gasteiger partial charge in [-0.3, -0.25) is 4.99 Å². The standard InChI is InChI=1S/C18H27ClN4O2S.HI/c1-20-18(23-12-14-5-2-3-6-15(14)13-23)21-9-10-22-26(24,25)17-8-4-7-16(19)11-17;/h4,7-8,11,14-15,22H,2-3,5-6,9-10,12-13H2,1H3,(H,20,21);1H. The molecule has 27 heavy (non-hydrogen) atoms. The maximum absolute atomic E-state index is 12.3. The van der Waals surface area contributed by atoms with Gasteiger partial charge in [0.1, 0.15) is 0 Å². The number of aliphatic imine (C=N–C) groups is 1. The van der Waals surface area contributed by atoms with Crippen molar-refractivity contribution in [2.24, 2.45) is 16.8 Å². The van der Waals surface area contributed by atoms with E-state index in [4.69, 9.17) is 11.6 Å². The van der Waals surface area contributed by atoms with Crippen LogP contribution in [0.15, 0.2) is 34.2 Å². The van der Waals surface area contributed by atoms with E-state index in [9.17, 15) is 8.42 Å². The van der Waals surface area contributed by atoms with Crippen LogP contribution in [-0.2, 0) is 10.0 Å². The number of nitrogens with zero attached hydrogens (tertiary/aromatic N) is 2. The Morgan fingerprint density at radius 1 is 1.22 bits per heavy atom. The van der Waals surface area contributed by atoms with Crippen molar-refractivity contribution in [1.29, 1.82) is 0 Å². The summed E-state index contributed by atoms with van der Waals surface area (Å²) >= 11 is 5.87. The summed E-state index contributed by atoms with van der Waals surface area (Å²) in [6, 6.07) is 6.26. The smallest absolute Gasteiger partial charge is 0.240 e. The van der Waals surface area contributed by atoms with Crippen LogP contribution in [0.5, 0.6) is 0 Å². The fourth-order valence-electron chi connectivity index (χ4n) is 3.99. The van der Waals surface area contributed by atoms with E-state index in [1.807, 2.05) is 0 Å². The summed E-state index contributed by atoms with van der Waals surface area (Å²) in [6.07, 6.45) is 5.31. The molecule has 2 aliphatic rings. The molecule has 9 heteroatoms. The van der Waals surface area contributed by atoms with Crippen LogP contribution < -0.4 is 10.0 Å². The Balaban J connectivity index is 0.00000261. The third kappa shape index (κ3) is 5.95. The molecular weight excluding hydrogens is 499 g/mol. The Morgan fingerprint density at radius 3 is 2.48 bits per heavy atom. The number of sulfonamides is 1. The molecule has 2 atom stereocenters. The van der Waals surface area contributed by atoms with Gasteiger partial charge in [-0.05, 0) is 42.9 Å². The molecular formula is C18H28ClIN4O2S. The molecule has 1 aromatic carbocycles. The molecule has 1 saturated heterocycles. The van der Waals surface area contributed by atoms with Gasteiger partial charge in [0.2, 0.25) is 10.0 Å². The zero-order chi connectivity index (χ0) is 18.6. The topological polar surface area (TPSA) is 73.8 Å². The molecule has 1 aromatic rings. The Labute approximate surface area is 184 Å². The van der Waals surface area contributed by atoms with Crippen LogP contribution in [0.1, 0.15) is 25.7 Å². The van der Waals surface area contributed by atoms with Crippen molar-refractivity contribution in [2.45, 2.75) is 30.6 Å². The summed E-state index contributed by atoms with van der Waals surface area (Å²) in [6.45, 7) is 2.88. The summed E-state index contributed by atoms with van der Waals surface area (Å²) in [4.78, 5) is 6.86. The van der Waals surface area contributed by atoms with Crippen LogP contribution >= 0.6 is 35.6 Å². The number of fused-ring (bicyclic) bond motifs is 1. The lowest BCUT2D eigenvalue weighted by Gasteiger charge is -2.22. The highest BCUT2D eigenvalue weighted by Gasteiger charge is 2.35. The normalized spacial score (nSPS) is 22.9. The lowest BCUT2D eigenvalue weighted by Crippen LogP contribution is -2.43. The van der Waals surface area contributed by atoms with Gasteiger partial charge in [-0.1, -0.05) is 30.5 Å². The van der Waals surface area contributed by atoms with Gasteiger partial charge in [-0.15, -0.1) is 24.0 Å². The van der Waals surface area contributed by atoms with Crippen LogP contribution in [-0.4, -0.2) is 52.5 Å². The molecule has 1 aliphatic heterocycles. The van der Waals surface area contributed by atoms with Crippen molar-refractivity contribution in [3.8, 4) is 0 Å². The van der Waals surface area contributed by atoms with Gasteiger partial charge in [0.05, 0.1) is 4.90 Å². The molecule has 1 aliphatic carbocycles. The predicted molar refractivity (Wildman–Crippen MR) is 120 cm³/mol. The maximum Gasteiger partial charge on any atom is 0.240 e. The van der Waals surface area contributed by atoms with Crippen molar-refractivity contribution in [3.05, 3.63) is 29.3 Å². The third-order valence-corrected chi connectivity index (χ3v) is 6.99. The van der Waals surface area contributed by atoms with Crippen LogP contribution in [0.2, 0.25) is 5.02 Å². The number of benzene rings is 1. The van der Waals surface area contributed by atoms with Crippen LogP contribution in [0, 0.1) is 11.8 Å². The molecule has 0 aromatic heterocycles. The molecule has 2 N–H and O–H groups in total. The Morgan fingerprint density at radius 2 is 1.89 bits per heavy atom. The molecule has 0 amide bonds. The first-order chi connectivity index (χ1) is 12.5. The van der Waals surface area contributed by atoms with E-state index in [0.29, 0.717) is 11.6 Å². The van der Waals surface area contributed by atoms with Gasteiger partial charge in [-0.2, -0.15) is 0 Å². The molecule has 0 radical (unpaired) electrons. The average Bonchev–Trinajstić information content (AvgIpc) is 3.05. The second kappa shape index (κ2) is 10.3. The largest absolute Gasteiger partial charge is 0.355 e. The van der Waals surface area contributed by atoms with Gasteiger partial charge in [-0.25, -0.2) is 13.1 Å². The monoisotopic (exact) mass is 526 g/mol. The van der Waals surface area contributed by atoms with Crippen LogP contribution in [0.25, 0.3) is 0 Å². The quantitative estimate of drug-likeness (QED) is 0.268. The molecule has 2 unspecified atom stereocenters. The van der Waals surface area contributed by atoms with E-state index in [-0.39, 0.29) is 35.4 Å². The molecule has 3 rings (SSSR count). The zero-order valence-electron chi connectivity index (χ0n) is 15.5. The highest BCUT2D eigenvalue weighted by Crippen LogP contribution is 2.35. The van der Waals surface area contributed by atoms with E-state index >= 15 is 0 Å². The minimum atomic E-state index is -3.55. The summed E-state index contributed by atoms with van der Waals surface area (Å²) in [7, 11) is -1.77. The summed E-state index contributed by atoms with van der Waals surface area (Å²) in [5.74, 6) is 2.42. The number of halogens is 2. The molecule has 152 valence electrons. The van der Waals surface area contributed by atoms with Crippen molar-refractivity contribution in [1.82, 2.24) is 14.9 Å². The van der Waals surface area contributed by atoms with Crippen molar-refractivity contribution in [3.63, 3.8) is 0 Å². The summed E-state index contributed by atoms with van der Waals surface area (Å²) < 4.78 is 27.2. The predicted octanol–water partition coefficient (Wildman–Crippen LogP) is 2.93. The second-order valence-electron chi connectivity index (χ2n) is 7.04. The van der Waals surface area contributed by atoms with E-state index in [2.05, 4.69) is 19.9 Å².